The molecule has 2 aromatic rings. The first-order chi connectivity index (χ1) is 10.5. The van der Waals surface area contributed by atoms with E-state index in [0.717, 1.165) is 14.5 Å². The third-order valence-corrected chi connectivity index (χ3v) is 4.34. The standard InChI is InChI=1S/C17H17Br2NO2/c1-11(13-6-4-3-5-7-13)20-17(21)12(2)22-16-9-8-14(18)10-15(16)19/h3-12H,1-2H3,(H,20,21)/t11-,12+/m0/s1. The maximum absolute atomic E-state index is 12.2. The molecule has 2 rings (SSSR count). The number of benzene rings is 2. The van der Waals surface area contributed by atoms with E-state index in [9.17, 15) is 4.79 Å². The van der Waals surface area contributed by atoms with Gasteiger partial charge in [-0.2, -0.15) is 0 Å². The molecule has 2 atom stereocenters. The third kappa shape index (κ3) is 4.58. The number of hydrogen-bond acceptors (Lipinski definition) is 2. The van der Waals surface area contributed by atoms with Crippen LogP contribution in [0.4, 0.5) is 0 Å². The zero-order chi connectivity index (χ0) is 16.1. The normalized spacial score (nSPS) is 13.3. The van der Waals surface area contributed by atoms with Gasteiger partial charge in [0.15, 0.2) is 6.10 Å². The second-order valence-electron chi connectivity index (χ2n) is 4.98. The van der Waals surface area contributed by atoms with Crippen LogP contribution in [0.5, 0.6) is 5.75 Å². The molecule has 0 radical (unpaired) electrons. The Morgan fingerprint density at radius 3 is 2.41 bits per heavy atom. The van der Waals surface area contributed by atoms with Crippen molar-refractivity contribution in [3.63, 3.8) is 0 Å². The van der Waals surface area contributed by atoms with Gasteiger partial charge in [0, 0.05) is 4.47 Å². The van der Waals surface area contributed by atoms with Crippen LogP contribution >= 0.6 is 31.9 Å². The first-order valence-electron chi connectivity index (χ1n) is 6.94. The highest BCUT2D eigenvalue weighted by Crippen LogP contribution is 2.29. The van der Waals surface area contributed by atoms with Gasteiger partial charge in [-0.3, -0.25) is 4.79 Å². The minimum atomic E-state index is -0.580. The molecule has 0 saturated heterocycles. The van der Waals surface area contributed by atoms with Crippen molar-refractivity contribution in [1.29, 1.82) is 0 Å². The summed E-state index contributed by atoms with van der Waals surface area (Å²) >= 11 is 6.81. The third-order valence-electron chi connectivity index (χ3n) is 3.23. The van der Waals surface area contributed by atoms with Crippen LogP contribution < -0.4 is 10.1 Å². The molecule has 0 fully saturated rings. The topological polar surface area (TPSA) is 38.3 Å². The van der Waals surface area contributed by atoms with Crippen LogP contribution in [0, 0.1) is 0 Å². The first-order valence-corrected chi connectivity index (χ1v) is 8.53. The smallest absolute Gasteiger partial charge is 0.261 e. The van der Waals surface area contributed by atoms with Crippen molar-refractivity contribution in [2.45, 2.75) is 26.0 Å². The molecule has 0 saturated carbocycles. The van der Waals surface area contributed by atoms with Gasteiger partial charge < -0.3 is 10.1 Å². The Bertz CT molecular complexity index is 646. The van der Waals surface area contributed by atoms with Gasteiger partial charge in [0.25, 0.3) is 5.91 Å². The maximum Gasteiger partial charge on any atom is 0.261 e. The highest BCUT2D eigenvalue weighted by Gasteiger charge is 2.18. The van der Waals surface area contributed by atoms with Crippen LogP contribution in [-0.2, 0) is 4.79 Å². The molecule has 0 aliphatic heterocycles. The van der Waals surface area contributed by atoms with Crippen molar-refractivity contribution in [3.8, 4) is 5.75 Å². The van der Waals surface area contributed by atoms with E-state index in [1.165, 1.54) is 0 Å². The summed E-state index contributed by atoms with van der Waals surface area (Å²) in [6, 6.07) is 15.3. The quantitative estimate of drug-likeness (QED) is 0.741. The van der Waals surface area contributed by atoms with Gasteiger partial charge >= 0.3 is 0 Å². The molecule has 0 spiro atoms. The Labute approximate surface area is 147 Å². The Morgan fingerprint density at radius 2 is 1.77 bits per heavy atom. The molecule has 1 amide bonds. The fourth-order valence-electron chi connectivity index (χ4n) is 1.97. The van der Waals surface area contributed by atoms with E-state index in [0.29, 0.717) is 5.75 Å². The molecule has 22 heavy (non-hydrogen) atoms. The lowest BCUT2D eigenvalue weighted by Gasteiger charge is -2.19. The van der Waals surface area contributed by atoms with Crippen LogP contribution in [0.25, 0.3) is 0 Å². The fourth-order valence-corrected chi connectivity index (χ4v) is 3.11. The molecule has 1 N–H and O–H groups in total. The molecular formula is C17H17Br2NO2. The number of rotatable bonds is 5. The largest absolute Gasteiger partial charge is 0.480 e. The number of amides is 1. The number of carbonyl (C=O) groups excluding carboxylic acids is 1. The second kappa shape index (κ2) is 7.79. The van der Waals surface area contributed by atoms with Gasteiger partial charge in [-0.05, 0) is 53.5 Å². The van der Waals surface area contributed by atoms with Crippen LogP contribution in [0.15, 0.2) is 57.5 Å². The molecule has 0 aliphatic carbocycles. The van der Waals surface area contributed by atoms with Crippen molar-refractivity contribution in [2.24, 2.45) is 0 Å². The lowest BCUT2D eigenvalue weighted by atomic mass is 10.1. The minimum Gasteiger partial charge on any atom is -0.480 e. The van der Waals surface area contributed by atoms with E-state index in [1.807, 2.05) is 55.5 Å². The van der Waals surface area contributed by atoms with E-state index >= 15 is 0 Å². The number of nitrogens with one attached hydrogen (secondary N) is 1. The molecule has 0 heterocycles. The molecule has 5 heteroatoms. The lowest BCUT2D eigenvalue weighted by Crippen LogP contribution is -2.37. The van der Waals surface area contributed by atoms with E-state index in [1.54, 1.807) is 6.92 Å². The average molecular weight is 427 g/mol. The summed E-state index contributed by atoms with van der Waals surface area (Å²) in [4.78, 5) is 12.2. The van der Waals surface area contributed by atoms with Crippen molar-refractivity contribution < 1.29 is 9.53 Å². The summed E-state index contributed by atoms with van der Waals surface area (Å²) in [6.45, 7) is 3.69. The predicted molar refractivity (Wildman–Crippen MR) is 94.9 cm³/mol. The van der Waals surface area contributed by atoms with Crippen molar-refractivity contribution in [1.82, 2.24) is 5.32 Å². The Kier molecular flexibility index (Phi) is 6.03. The van der Waals surface area contributed by atoms with Crippen LogP contribution in [0.2, 0.25) is 0 Å². The Hall–Kier alpha value is -1.33. The summed E-state index contributed by atoms with van der Waals surface area (Å²) in [7, 11) is 0. The van der Waals surface area contributed by atoms with Crippen LogP contribution in [0.1, 0.15) is 25.5 Å². The van der Waals surface area contributed by atoms with Gasteiger partial charge in [-0.1, -0.05) is 46.3 Å². The van der Waals surface area contributed by atoms with E-state index in [2.05, 4.69) is 37.2 Å². The number of carbonyl (C=O) groups is 1. The Balaban J connectivity index is 1.97. The van der Waals surface area contributed by atoms with Gasteiger partial charge in [0.2, 0.25) is 0 Å². The van der Waals surface area contributed by atoms with Gasteiger partial charge in [-0.15, -0.1) is 0 Å². The molecular weight excluding hydrogens is 410 g/mol. The molecule has 116 valence electrons. The predicted octanol–water partition coefficient (Wildman–Crippen LogP) is 4.86. The van der Waals surface area contributed by atoms with Crippen molar-refractivity contribution in [3.05, 3.63) is 63.0 Å². The number of halogens is 2. The zero-order valence-corrected chi connectivity index (χ0v) is 15.5. The maximum atomic E-state index is 12.2. The first kappa shape index (κ1) is 17.0. The Morgan fingerprint density at radius 1 is 1.09 bits per heavy atom. The zero-order valence-electron chi connectivity index (χ0n) is 12.3. The molecule has 3 nitrogen and oxygen atoms in total. The monoisotopic (exact) mass is 425 g/mol. The molecule has 0 unspecified atom stereocenters. The SMILES string of the molecule is C[C@H](NC(=O)[C@@H](C)Oc1ccc(Br)cc1Br)c1ccccc1. The molecule has 0 bridgehead atoms. The number of hydrogen-bond donors (Lipinski definition) is 1. The summed E-state index contributed by atoms with van der Waals surface area (Å²) in [5.41, 5.74) is 1.06. The molecule has 2 aromatic carbocycles. The lowest BCUT2D eigenvalue weighted by molar-refractivity contribution is -0.127. The average Bonchev–Trinajstić information content (AvgIpc) is 2.50. The van der Waals surface area contributed by atoms with Crippen LogP contribution in [0.3, 0.4) is 0 Å². The summed E-state index contributed by atoms with van der Waals surface area (Å²) < 4.78 is 7.47. The fraction of sp³-hybridized carbons (Fsp3) is 0.235. The van der Waals surface area contributed by atoms with E-state index in [4.69, 9.17) is 4.74 Å². The summed E-state index contributed by atoms with van der Waals surface area (Å²) in [5.74, 6) is 0.490. The van der Waals surface area contributed by atoms with Gasteiger partial charge in [-0.25, -0.2) is 0 Å². The highest BCUT2D eigenvalue weighted by molar-refractivity contribution is 9.11. The summed E-state index contributed by atoms with van der Waals surface area (Å²) in [5, 5.41) is 2.96. The summed E-state index contributed by atoms with van der Waals surface area (Å²) in [6.07, 6.45) is -0.580. The van der Waals surface area contributed by atoms with E-state index in [-0.39, 0.29) is 11.9 Å². The van der Waals surface area contributed by atoms with Crippen molar-refractivity contribution in [2.75, 3.05) is 0 Å². The minimum absolute atomic E-state index is 0.0619. The van der Waals surface area contributed by atoms with E-state index < -0.39 is 6.10 Å². The van der Waals surface area contributed by atoms with Gasteiger partial charge in [0.1, 0.15) is 5.75 Å². The highest BCUT2D eigenvalue weighted by atomic mass is 79.9. The molecule has 0 aromatic heterocycles. The molecule has 0 aliphatic rings. The van der Waals surface area contributed by atoms with Crippen molar-refractivity contribution >= 4 is 37.8 Å². The second-order valence-corrected chi connectivity index (χ2v) is 6.75. The van der Waals surface area contributed by atoms with Gasteiger partial charge in [0.05, 0.1) is 10.5 Å². The van der Waals surface area contributed by atoms with Crippen LogP contribution in [-0.4, -0.2) is 12.0 Å². The number of ether oxygens (including phenoxy) is 1.